The number of fused-ring (bicyclic) bond motifs is 1. The van der Waals surface area contributed by atoms with Gasteiger partial charge in [-0.15, -0.1) is 0 Å². The zero-order chi connectivity index (χ0) is 15.0. The second-order valence-corrected chi connectivity index (χ2v) is 5.44. The highest BCUT2D eigenvalue weighted by Crippen LogP contribution is 2.28. The van der Waals surface area contributed by atoms with Crippen molar-refractivity contribution in [2.24, 2.45) is 0 Å². The van der Waals surface area contributed by atoms with E-state index in [2.05, 4.69) is 13.0 Å². The Morgan fingerprint density at radius 3 is 2.43 bits per heavy atom. The Kier molecular flexibility index (Phi) is 3.38. The molecular weight excluding hydrogens is 260 g/mol. The van der Waals surface area contributed by atoms with Crippen molar-refractivity contribution in [3.8, 4) is 0 Å². The van der Waals surface area contributed by atoms with Crippen LogP contribution in [0.2, 0.25) is 0 Å². The van der Waals surface area contributed by atoms with Crippen LogP contribution in [0.15, 0.2) is 46.9 Å². The number of rotatable bonds is 3. The summed E-state index contributed by atoms with van der Waals surface area (Å²) in [6, 6.07) is 13.7. The van der Waals surface area contributed by atoms with Crippen LogP contribution in [-0.4, -0.2) is 5.78 Å². The molecule has 0 saturated carbocycles. The number of carbonyl (C=O) groups is 1. The normalized spacial score (nSPS) is 11.0. The Bertz CT molecular complexity index is 807. The van der Waals surface area contributed by atoms with Crippen LogP contribution in [-0.2, 0) is 6.42 Å². The third-order valence-electron chi connectivity index (χ3n) is 3.92. The maximum Gasteiger partial charge on any atom is 0.228 e. The zero-order valence-electron chi connectivity index (χ0n) is 12.6. The monoisotopic (exact) mass is 278 g/mol. The first-order chi connectivity index (χ1) is 10.1. The van der Waals surface area contributed by atoms with Gasteiger partial charge in [-0.1, -0.05) is 42.8 Å². The number of ketones is 1. The van der Waals surface area contributed by atoms with Crippen molar-refractivity contribution in [2.45, 2.75) is 27.2 Å². The van der Waals surface area contributed by atoms with Crippen LogP contribution in [0, 0.1) is 13.8 Å². The van der Waals surface area contributed by atoms with E-state index in [1.807, 2.05) is 50.2 Å². The molecule has 2 heteroatoms. The van der Waals surface area contributed by atoms with Gasteiger partial charge in [-0.05, 0) is 38.0 Å². The van der Waals surface area contributed by atoms with Gasteiger partial charge in [-0.3, -0.25) is 4.79 Å². The Labute approximate surface area is 124 Å². The maximum absolute atomic E-state index is 12.6. The van der Waals surface area contributed by atoms with Gasteiger partial charge in [-0.25, -0.2) is 0 Å². The predicted molar refractivity (Wildman–Crippen MR) is 84.9 cm³/mol. The first kappa shape index (κ1) is 13.6. The molecule has 3 aromatic rings. The second-order valence-electron chi connectivity index (χ2n) is 5.44. The predicted octanol–water partition coefficient (Wildman–Crippen LogP) is 4.84. The summed E-state index contributed by atoms with van der Waals surface area (Å²) >= 11 is 0. The summed E-state index contributed by atoms with van der Waals surface area (Å²) in [5.41, 5.74) is 4.75. The Morgan fingerprint density at radius 2 is 1.76 bits per heavy atom. The van der Waals surface area contributed by atoms with E-state index in [4.69, 9.17) is 4.42 Å². The lowest BCUT2D eigenvalue weighted by molar-refractivity contribution is 0.101. The molecule has 0 atom stereocenters. The van der Waals surface area contributed by atoms with Gasteiger partial charge in [0.05, 0.1) is 0 Å². The fourth-order valence-corrected chi connectivity index (χ4v) is 2.57. The highest BCUT2D eigenvalue weighted by atomic mass is 16.3. The van der Waals surface area contributed by atoms with Crippen molar-refractivity contribution in [1.82, 2.24) is 0 Å². The van der Waals surface area contributed by atoms with Gasteiger partial charge in [0, 0.05) is 16.5 Å². The minimum absolute atomic E-state index is 0.0518. The van der Waals surface area contributed by atoms with E-state index >= 15 is 0 Å². The summed E-state index contributed by atoms with van der Waals surface area (Å²) < 4.78 is 5.78. The molecule has 0 aliphatic heterocycles. The van der Waals surface area contributed by atoms with Crippen molar-refractivity contribution in [3.05, 3.63) is 70.5 Å². The van der Waals surface area contributed by atoms with Gasteiger partial charge >= 0.3 is 0 Å². The molecule has 2 aromatic carbocycles. The first-order valence-corrected chi connectivity index (χ1v) is 7.23. The third-order valence-corrected chi connectivity index (χ3v) is 3.92. The van der Waals surface area contributed by atoms with Crippen molar-refractivity contribution in [3.63, 3.8) is 0 Å². The number of aryl methyl sites for hydroxylation is 3. The highest BCUT2D eigenvalue weighted by Gasteiger charge is 2.19. The molecule has 0 aliphatic rings. The SMILES string of the molecule is CCc1ccc(C(=O)c2oc3ccc(C)cc3c2C)cc1. The lowest BCUT2D eigenvalue weighted by Crippen LogP contribution is -2.01. The van der Waals surface area contributed by atoms with Gasteiger partial charge in [0.15, 0.2) is 5.76 Å². The zero-order valence-corrected chi connectivity index (χ0v) is 12.6. The van der Waals surface area contributed by atoms with Crippen LogP contribution in [0.25, 0.3) is 11.0 Å². The molecule has 21 heavy (non-hydrogen) atoms. The Morgan fingerprint density at radius 1 is 1.05 bits per heavy atom. The Balaban J connectivity index is 2.06. The second kappa shape index (κ2) is 5.21. The molecule has 0 N–H and O–H groups in total. The van der Waals surface area contributed by atoms with Crippen molar-refractivity contribution >= 4 is 16.8 Å². The number of furan rings is 1. The van der Waals surface area contributed by atoms with Crippen LogP contribution in [0.4, 0.5) is 0 Å². The molecule has 0 fully saturated rings. The van der Waals surface area contributed by atoms with E-state index in [1.165, 1.54) is 5.56 Å². The van der Waals surface area contributed by atoms with E-state index in [1.54, 1.807) is 0 Å². The van der Waals surface area contributed by atoms with Crippen LogP contribution < -0.4 is 0 Å². The van der Waals surface area contributed by atoms with E-state index in [-0.39, 0.29) is 5.78 Å². The third kappa shape index (κ3) is 2.38. The first-order valence-electron chi connectivity index (χ1n) is 7.23. The Hall–Kier alpha value is -2.35. The van der Waals surface area contributed by atoms with E-state index in [0.29, 0.717) is 11.3 Å². The van der Waals surface area contributed by atoms with Crippen LogP contribution in [0.3, 0.4) is 0 Å². The largest absolute Gasteiger partial charge is 0.452 e. The highest BCUT2D eigenvalue weighted by molar-refractivity contribution is 6.10. The van der Waals surface area contributed by atoms with Crippen LogP contribution >= 0.6 is 0 Å². The van der Waals surface area contributed by atoms with E-state index in [9.17, 15) is 4.79 Å². The van der Waals surface area contributed by atoms with E-state index in [0.717, 1.165) is 28.5 Å². The summed E-state index contributed by atoms with van der Waals surface area (Å²) in [6.45, 7) is 6.08. The average Bonchev–Trinajstić information content (AvgIpc) is 2.83. The maximum atomic E-state index is 12.6. The number of carbonyl (C=O) groups excluding carboxylic acids is 1. The lowest BCUT2D eigenvalue weighted by Gasteiger charge is -2.01. The van der Waals surface area contributed by atoms with Crippen molar-refractivity contribution < 1.29 is 9.21 Å². The smallest absolute Gasteiger partial charge is 0.228 e. The van der Waals surface area contributed by atoms with Gasteiger partial charge in [0.25, 0.3) is 0 Å². The molecule has 0 saturated heterocycles. The molecule has 0 radical (unpaired) electrons. The molecule has 106 valence electrons. The van der Waals surface area contributed by atoms with Gasteiger partial charge in [-0.2, -0.15) is 0 Å². The number of benzene rings is 2. The topological polar surface area (TPSA) is 30.2 Å². The summed E-state index contributed by atoms with van der Waals surface area (Å²) in [5.74, 6) is 0.392. The fraction of sp³-hybridized carbons (Fsp3) is 0.211. The molecule has 0 unspecified atom stereocenters. The lowest BCUT2D eigenvalue weighted by atomic mass is 10.0. The van der Waals surface area contributed by atoms with Crippen LogP contribution in [0.1, 0.15) is 39.7 Å². The molecule has 2 nitrogen and oxygen atoms in total. The van der Waals surface area contributed by atoms with Gasteiger partial charge in [0.1, 0.15) is 5.58 Å². The minimum atomic E-state index is -0.0518. The van der Waals surface area contributed by atoms with Crippen molar-refractivity contribution in [2.75, 3.05) is 0 Å². The summed E-state index contributed by atoms with van der Waals surface area (Å²) in [7, 11) is 0. The summed E-state index contributed by atoms with van der Waals surface area (Å²) in [6.07, 6.45) is 0.970. The average molecular weight is 278 g/mol. The molecule has 0 bridgehead atoms. The van der Waals surface area contributed by atoms with Crippen LogP contribution in [0.5, 0.6) is 0 Å². The molecule has 1 heterocycles. The molecule has 0 amide bonds. The number of hydrogen-bond acceptors (Lipinski definition) is 2. The van der Waals surface area contributed by atoms with Crippen molar-refractivity contribution in [1.29, 1.82) is 0 Å². The molecule has 0 aliphatic carbocycles. The minimum Gasteiger partial charge on any atom is -0.452 e. The summed E-state index contributed by atoms with van der Waals surface area (Å²) in [4.78, 5) is 12.6. The van der Waals surface area contributed by atoms with E-state index < -0.39 is 0 Å². The standard InChI is InChI=1S/C19H18O2/c1-4-14-6-8-15(9-7-14)18(20)19-13(3)16-11-12(2)5-10-17(16)21-19/h5-11H,4H2,1-3H3. The molecule has 3 rings (SSSR count). The fourth-order valence-electron chi connectivity index (χ4n) is 2.57. The summed E-state index contributed by atoms with van der Waals surface area (Å²) in [5, 5.41) is 1.02. The van der Waals surface area contributed by atoms with Gasteiger partial charge < -0.3 is 4.42 Å². The molecular formula is C19H18O2. The number of hydrogen-bond donors (Lipinski definition) is 0. The quantitative estimate of drug-likeness (QED) is 0.641. The molecule has 1 aromatic heterocycles. The van der Waals surface area contributed by atoms with Gasteiger partial charge in [0.2, 0.25) is 5.78 Å². The molecule has 0 spiro atoms.